The Labute approximate surface area is 176 Å². The molecule has 0 spiro atoms. The van der Waals surface area contributed by atoms with Crippen molar-refractivity contribution in [1.82, 2.24) is 24.5 Å². The van der Waals surface area contributed by atoms with Crippen LogP contribution in [0.25, 0.3) is 15.5 Å². The molecule has 4 aromatic rings. The van der Waals surface area contributed by atoms with Gasteiger partial charge in [0.15, 0.2) is 5.65 Å². The zero-order valence-electron chi connectivity index (χ0n) is 14.7. The van der Waals surface area contributed by atoms with Gasteiger partial charge >= 0.3 is 5.69 Å². The smallest absolute Gasteiger partial charge is 0.350 e. The minimum Gasteiger partial charge on any atom is -0.356 e. The summed E-state index contributed by atoms with van der Waals surface area (Å²) in [5, 5.41) is 12.0. The first-order chi connectivity index (χ1) is 13.6. The topological polar surface area (TPSA) is 81.3 Å². The number of fused-ring (bicyclic) bond motifs is 1. The van der Waals surface area contributed by atoms with Crippen molar-refractivity contribution in [3.05, 3.63) is 61.9 Å². The SMILES string of the molecule is O=C(Cc1csc(-c2cc(Br)cs2)n1)NCCCn1nc2ccccn2c1=O. The van der Waals surface area contributed by atoms with Gasteiger partial charge in [0.1, 0.15) is 5.01 Å². The van der Waals surface area contributed by atoms with Gasteiger partial charge in [0.05, 0.1) is 17.0 Å². The third kappa shape index (κ3) is 4.23. The van der Waals surface area contributed by atoms with E-state index >= 15 is 0 Å². The van der Waals surface area contributed by atoms with E-state index in [1.54, 1.807) is 29.7 Å². The molecule has 1 N–H and O–H groups in total. The predicted octanol–water partition coefficient (Wildman–Crippen LogP) is 3.19. The Morgan fingerprint density at radius 3 is 2.93 bits per heavy atom. The summed E-state index contributed by atoms with van der Waals surface area (Å²) in [6, 6.07) is 7.45. The lowest BCUT2D eigenvalue weighted by molar-refractivity contribution is -0.120. The van der Waals surface area contributed by atoms with Gasteiger partial charge in [0.25, 0.3) is 0 Å². The van der Waals surface area contributed by atoms with Crippen LogP contribution in [-0.2, 0) is 17.8 Å². The Kier molecular flexibility index (Phi) is 5.69. The van der Waals surface area contributed by atoms with Crippen molar-refractivity contribution in [2.45, 2.75) is 19.4 Å². The fraction of sp³-hybridized carbons (Fsp3) is 0.222. The molecule has 0 aliphatic rings. The Morgan fingerprint density at radius 2 is 2.14 bits per heavy atom. The van der Waals surface area contributed by atoms with Crippen molar-refractivity contribution in [3.8, 4) is 9.88 Å². The summed E-state index contributed by atoms with van der Waals surface area (Å²) in [6.45, 7) is 0.933. The average molecular weight is 478 g/mol. The van der Waals surface area contributed by atoms with Gasteiger partial charge in [0, 0.05) is 34.5 Å². The molecule has 0 aromatic carbocycles. The Morgan fingerprint density at radius 1 is 1.25 bits per heavy atom. The lowest BCUT2D eigenvalue weighted by Gasteiger charge is -2.03. The van der Waals surface area contributed by atoms with E-state index in [4.69, 9.17) is 0 Å². The minimum absolute atomic E-state index is 0.0773. The summed E-state index contributed by atoms with van der Waals surface area (Å²) in [4.78, 5) is 29.9. The quantitative estimate of drug-likeness (QED) is 0.414. The number of nitrogens with one attached hydrogen (secondary N) is 1. The van der Waals surface area contributed by atoms with E-state index in [0.717, 1.165) is 20.1 Å². The van der Waals surface area contributed by atoms with Crippen LogP contribution in [0.1, 0.15) is 12.1 Å². The maximum atomic E-state index is 12.2. The molecule has 0 radical (unpaired) electrons. The standard InChI is InChI=1S/C18H16BrN5O2S2/c19-12-8-14(27-10-12)17-21-13(11-28-17)9-16(25)20-5-3-7-24-18(26)23-6-2-1-4-15(23)22-24/h1-2,4,6,8,10-11H,3,5,7,9H2,(H,20,25). The highest BCUT2D eigenvalue weighted by Gasteiger charge is 2.11. The Bertz CT molecular complexity index is 1180. The summed E-state index contributed by atoms with van der Waals surface area (Å²) in [6.07, 6.45) is 2.57. The van der Waals surface area contributed by atoms with E-state index in [1.807, 2.05) is 22.9 Å². The molecular weight excluding hydrogens is 462 g/mol. The van der Waals surface area contributed by atoms with E-state index < -0.39 is 0 Å². The average Bonchev–Trinajstić information content (AvgIpc) is 3.39. The predicted molar refractivity (Wildman–Crippen MR) is 114 cm³/mol. The first kappa shape index (κ1) is 19.0. The van der Waals surface area contributed by atoms with Crippen molar-refractivity contribution in [1.29, 1.82) is 0 Å². The lowest BCUT2D eigenvalue weighted by Crippen LogP contribution is -2.28. The molecule has 7 nitrogen and oxygen atoms in total. The van der Waals surface area contributed by atoms with E-state index in [-0.39, 0.29) is 18.0 Å². The summed E-state index contributed by atoms with van der Waals surface area (Å²) < 4.78 is 3.96. The number of carbonyl (C=O) groups is 1. The molecular formula is C18H16BrN5O2S2. The Balaban J connectivity index is 1.26. The molecule has 0 fully saturated rings. The first-order valence-corrected chi connectivity index (χ1v) is 11.1. The fourth-order valence-corrected chi connectivity index (χ4v) is 5.05. The van der Waals surface area contributed by atoms with Crippen LogP contribution in [0.5, 0.6) is 0 Å². The van der Waals surface area contributed by atoms with Gasteiger partial charge in [-0.1, -0.05) is 6.07 Å². The second-order valence-electron chi connectivity index (χ2n) is 6.09. The zero-order valence-corrected chi connectivity index (χ0v) is 17.9. The van der Waals surface area contributed by atoms with Gasteiger partial charge in [-0.05, 0) is 40.5 Å². The third-order valence-corrected chi connectivity index (χ3v) is 6.78. The highest BCUT2D eigenvalue weighted by atomic mass is 79.9. The number of pyridine rings is 1. The van der Waals surface area contributed by atoms with Crippen LogP contribution in [0.3, 0.4) is 0 Å². The highest BCUT2D eigenvalue weighted by Crippen LogP contribution is 2.32. The maximum absolute atomic E-state index is 12.2. The van der Waals surface area contributed by atoms with Gasteiger partial charge in [-0.25, -0.2) is 14.5 Å². The van der Waals surface area contributed by atoms with Crippen LogP contribution in [0.4, 0.5) is 0 Å². The molecule has 0 aliphatic carbocycles. The summed E-state index contributed by atoms with van der Waals surface area (Å²) in [5.41, 5.74) is 1.21. The number of hydrogen-bond acceptors (Lipinski definition) is 6. The van der Waals surface area contributed by atoms with Gasteiger partial charge in [0.2, 0.25) is 5.91 Å². The summed E-state index contributed by atoms with van der Waals surface area (Å²) in [5.74, 6) is -0.0773. The number of hydrogen-bond donors (Lipinski definition) is 1. The van der Waals surface area contributed by atoms with Crippen LogP contribution in [0, 0.1) is 0 Å². The largest absolute Gasteiger partial charge is 0.356 e. The van der Waals surface area contributed by atoms with Gasteiger partial charge in [-0.2, -0.15) is 0 Å². The normalized spacial score (nSPS) is 11.2. The molecule has 4 aromatic heterocycles. The summed E-state index contributed by atoms with van der Waals surface area (Å²) in [7, 11) is 0. The van der Waals surface area contributed by atoms with Crippen molar-refractivity contribution in [2.75, 3.05) is 6.54 Å². The number of amides is 1. The summed E-state index contributed by atoms with van der Waals surface area (Å²) >= 11 is 6.59. The van der Waals surface area contributed by atoms with E-state index in [2.05, 4.69) is 31.3 Å². The lowest BCUT2D eigenvalue weighted by atomic mass is 10.3. The first-order valence-electron chi connectivity index (χ1n) is 8.60. The zero-order chi connectivity index (χ0) is 19.5. The second-order valence-corrected chi connectivity index (χ2v) is 8.77. The Hall–Kier alpha value is -2.30. The van der Waals surface area contributed by atoms with Crippen LogP contribution in [0.15, 0.2) is 50.5 Å². The molecule has 0 unspecified atom stereocenters. The van der Waals surface area contributed by atoms with E-state index in [1.165, 1.54) is 20.4 Å². The van der Waals surface area contributed by atoms with Crippen molar-refractivity contribution in [3.63, 3.8) is 0 Å². The number of aryl methyl sites for hydroxylation is 1. The second kappa shape index (κ2) is 8.38. The highest BCUT2D eigenvalue weighted by molar-refractivity contribution is 9.10. The molecule has 0 aliphatic heterocycles. The van der Waals surface area contributed by atoms with Crippen LogP contribution in [-0.4, -0.2) is 31.6 Å². The number of carbonyl (C=O) groups excluding carboxylic acids is 1. The van der Waals surface area contributed by atoms with Crippen molar-refractivity contribution >= 4 is 50.2 Å². The molecule has 0 atom stereocenters. The number of thiophene rings is 1. The molecule has 144 valence electrons. The van der Waals surface area contributed by atoms with Gasteiger partial charge in [-0.15, -0.1) is 27.8 Å². The van der Waals surface area contributed by atoms with E-state index in [9.17, 15) is 9.59 Å². The number of thiazole rings is 1. The number of nitrogens with zero attached hydrogens (tertiary/aromatic N) is 4. The van der Waals surface area contributed by atoms with Crippen LogP contribution in [0.2, 0.25) is 0 Å². The molecule has 0 saturated heterocycles. The van der Waals surface area contributed by atoms with Crippen LogP contribution < -0.4 is 11.0 Å². The molecule has 1 amide bonds. The maximum Gasteiger partial charge on any atom is 0.350 e. The number of rotatable bonds is 7. The molecule has 4 rings (SSSR count). The molecule has 0 saturated carbocycles. The van der Waals surface area contributed by atoms with Crippen molar-refractivity contribution < 1.29 is 4.79 Å². The third-order valence-electron chi connectivity index (χ3n) is 4.03. The monoisotopic (exact) mass is 477 g/mol. The molecule has 28 heavy (non-hydrogen) atoms. The number of halogens is 1. The molecule has 4 heterocycles. The van der Waals surface area contributed by atoms with Crippen LogP contribution >= 0.6 is 38.6 Å². The number of aromatic nitrogens is 4. The van der Waals surface area contributed by atoms with Crippen molar-refractivity contribution in [2.24, 2.45) is 0 Å². The fourth-order valence-electron chi connectivity index (χ4n) is 2.72. The van der Waals surface area contributed by atoms with E-state index in [0.29, 0.717) is 25.2 Å². The van der Waals surface area contributed by atoms with Gasteiger partial charge in [-0.3, -0.25) is 9.20 Å². The minimum atomic E-state index is -0.169. The van der Waals surface area contributed by atoms with Gasteiger partial charge < -0.3 is 5.32 Å². The molecule has 10 heteroatoms. The molecule has 0 bridgehead atoms.